The van der Waals surface area contributed by atoms with Gasteiger partial charge in [0.1, 0.15) is 73.2 Å². The van der Waals surface area contributed by atoms with Crippen LogP contribution in [0.25, 0.3) is 0 Å². The second-order valence-corrected chi connectivity index (χ2v) is 10.3. The summed E-state index contributed by atoms with van der Waals surface area (Å²) in [7, 11) is 1.20. The van der Waals surface area contributed by atoms with Gasteiger partial charge in [-0.15, -0.1) is 0 Å². The molecule has 43 heavy (non-hydrogen) atoms. The van der Waals surface area contributed by atoms with Crippen molar-refractivity contribution in [2.24, 2.45) is 4.99 Å². The summed E-state index contributed by atoms with van der Waals surface area (Å²) in [5.74, 6) is -4.91. The highest BCUT2D eigenvalue weighted by Crippen LogP contribution is 2.39. The molecule has 250 valence electrons. The fourth-order valence-electron chi connectivity index (χ4n) is 5.05. The van der Waals surface area contributed by atoms with Gasteiger partial charge < -0.3 is 89.7 Å². The third-order valence-corrected chi connectivity index (χ3v) is 7.40. The van der Waals surface area contributed by atoms with Crippen LogP contribution < -0.4 is 0 Å². The van der Waals surface area contributed by atoms with Gasteiger partial charge in [-0.3, -0.25) is 0 Å². The molecule has 12 N–H and O–H groups in total. The smallest absolute Gasteiger partial charge is 0.364 e. The first kappa shape index (κ1) is 35.8. The van der Waals surface area contributed by atoms with E-state index in [1.54, 1.807) is 0 Å². The Morgan fingerprint density at radius 1 is 0.953 bits per heavy atom. The number of rotatable bonds is 12. The van der Waals surface area contributed by atoms with E-state index < -0.39 is 130 Å². The topological polar surface area (TPSA) is 328 Å². The van der Waals surface area contributed by atoms with Gasteiger partial charge in [0, 0.05) is 6.42 Å². The molecule has 0 aliphatic carbocycles. The number of aliphatic carboxylic acids is 1. The summed E-state index contributed by atoms with van der Waals surface area (Å²) in [6, 6.07) is -1.47. The SMILES string of the molecule is CO/C=N/C1C(O)CC(OC2C(O)C(CO)OC(OC3C(CO)OC(O)C(O)C3O)C2O)(C(=O)O)OC1C(O)C(O)CO. The van der Waals surface area contributed by atoms with E-state index >= 15 is 0 Å². The summed E-state index contributed by atoms with van der Waals surface area (Å²) in [5.41, 5.74) is 0. The fourth-order valence-corrected chi connectivity index (χ4v) is 5.05. The number of carboxylic acid groups (broad SMARTS) is 1. The lowest BCUT2D eigenvalue weighted by Gasteiger charge is -2.50. The number of aliphatic imine (C=N–C) groups is 1. The average molecular weight is 634 g/mol. The molecule has 0 spiro atoms. The molecule has 0 bridgehead atoms. The van der Waals surface area contributed by atoms with Crippen LogP contribution in [0.15, 0.2) is 4.99 Å². The molecule has 16 unspecified atom stereocenters. The number of nitrogens with zero attached hydrogens (tertiary/aromatic N) is 1. The van der Waals surface area contributed by atoms with Gasteiger partial charge in [-0.2, -0.15) is 0 Å². The van der Waals surface area contributed by atoms with E-state index in [0.717, 1.165) is 6.40 Å². The normalized spacial score (nSPS) is 45.5. The Balaban J connectivity index is 1.94. The summed E-state index contributed by atoms with van der Waals surface area (Å²) in [4.78, 5) is 16.4. The lowest BCUT2D eigenvalue weighted by atomic mass is 9.88. The predicted molar refractivity (Wildman–Crippen MR) is 132 cm³/mol. The molecule has 0 amide bonds. The quantitative estimate of drug-likeness (QED) is 0.0701. The molecule has 3 aliphatic rings. The van der Waals surface area contributed by atoms with Crippen molar-refractivity contribution < 1.29 is 94.5 Å². The Bertz CT molecular complexity index is 927. The molecule has 3 aliphatic heterocycles. The monoisotopic (exact) mass is 633 g/mol. The van der Waals surface area contributed by atoms with Crippen LogP contribution in [0.5, 0.6) is 0 Å². The third kappa shape index (κ3) is 7.41. The van der Waals surface area contributed by atoms with Gasteiger partial charge >= 0.3 is 5.97 Å². The van der Waals surface area contributed by atoms with Crippen molar-refractivity contribution in [1.82, 2.24) is 0 Å². The highest BCUT2D eigenvalue weighted by Gasteiger charge is 2.60. The Morgan fingerprint density at radius 3 is 2.16 bits per heavy atom. The first-order valence-corrected chi connectivity index (χ1v) is 13.1. The number of methoxy groups -OCH3 is 1. The maximum atomic E-state index is 12.6. The molecule has 3 saturated heterocycles. The zero-order valence-corrected chi connectivity index (χ0v) is 22.7. The van der Waals surface area contributed by atoms with Crippen molar-refractivity contribution in [2.45, 2.75) is 104 Å². The highest BCUT2D eigenvalue weighted by atomic mass is 16.8. The zero-order valence-electron chi connectivity index (χ0n) is 22.7. The molecular weight excluding hydrogens is 594 g/mol. The van der Waals surface area contributed by atoms with E-state index in [9.17, 15) is 66.1 Å². The minimum absolute atomic E-state index is 0.843. The molecule has 20 heteroatoms. The predicted octanol–water partition coefficient (Wildman–Crippen LogP) is -7.68. The Kier molecular flexibility index (Phi) is 12.5. The molecule has 3 heterocycles. The van der Waals surface area contributed by atoms with Crippen molar-refractivity contribution in [3.63, 3.8) is 0 Å². The fraction of sp³-hybridized carbons (Fsp3) is 0.913. The molecule has 0 aromatic heterocycles. The van der Waals surface area contributed by atoms with E-state index in [-0.39, 0.29) is 0 Å². The van der Waals surface area contributed by atoms with E-state index in [0.29, 0.717) is 0 Å². The van der Waals surface area contributed by atoms with Crippen LogP contribution >= 0.6 is 0 Å². The minimum Gasteiger partial charge on any atom is -0.487 e. The molecule has 16 atom stereocenters. The summed E-state index contributed by atoms with van der Waals surface area (Å²) in [6.45, 7) is -2.82. The lowest BCUT2D eigenvalue weighted by molar-refractivity contribution is -0.384. The average Bonchev–Trinajstić information content (AvgIpc) is 2.98. The number of hydrogen-bond acceptors (Lipinski definition) is 19. The van der Waals surface area contributed by atoms with Crippen LogP contribution in [0.1, 0.15) is 6.42 Å². The Morgan fingerprint density at radius 2 is 1.60 bits per heavy atom. The van der Waals surface area contributed by atoms with E-state index in [2.05, 4.69) is 4.99 Å². The zero-order chi connectivity index (χ0) is 32.2. The molecule has 0 radical (unpaired) electrons. The first-order valence-electron chi connectivity index (χ1n) is 13.1. The van der Waals surface area contributed by atoms with Crippen LogP contribution in [0.4, 0.5) is 0 Å². The van der Waals surface area contributed by atoms with Crippen LogP contribution in [0.2, 0.25) is 0 Å². The van der Waals surface area contributed by atoms with Crippen molar-refractivity contribution in [2.75, 3.05) is 26.9 Å². The van der Waals surface area contributed by atoms with Gasteiger partial charge in [0.15, 0.2) is 19.0 Å². The number of hydrogen-bond donors (Lipinski definition) is 12. The van der Waals surface area contributed by atoms with Crippen LogP contribution in [-0.2, 0) is 33.2 Å². The molecule has 3 fully saturated rings. The lowest BCUT2D eigenvalue weighted by Crippen LogP contribution is -2.69. The summed E-state index contributed by atoms with van der Waals surface area (Å²) >= 11 is 0. The van der Waals surface area contributed by atoms with Gasteiger partial charge in [0.25, 0.3) is 5.79 Å². The van der Waals surface area contributed by atoms with Crippen molar-refractivity contribution in [3.05, 3.63) is 0 Å². The van der Waals surface area contributed by atoms with Gasteiger partial charge in [0.2, 0.25) is 0 Å². The number of carboxylic acids is 1. The minimum atomic E-state index is -2.98. The standard InChI is InChI=1S/C23H39NO19/c1-38-6-24-11-7(28)2-23(22(36)37,42-18(11)12(30)8(29)3-25)43-19-13(31)9(4-26)40-21(16(19)34)41-17-10(5-27)39-20(35)15(33)14(17)32/h6-21,25-35H,2-5H2,1H3,(H,36,37)/b24-6+. The van der Waals surface area contributed by atoms with Gasteiger partial charge in [-0.25, -0.2) is 9.79 Å². The molecule has 3 rings (SSSR count). The Hall–Kier alpha value is -1.70. The summed E-state index contributed by atoms with van der Waals surface area (Å²) in [6.07, 6.45) is -26.5. The highest BCUT2D eigenvalue weighted by molar-refractivity contribution is 5.76. The third-order valence-electron chi connectivity index (χ3n) is 7.40. The second kappa shape index (κ2) is 15.1. The largest absolute Gasteiger partial charge is 0.487 e. The number of aliphatic hydroxyl groups excluding tert-OH is 11. The maximum Gasteiger partial charge on any atom is 0.364 e. The number of carbonyl (C=O) groups is 1. The van der Waals surface area contributed by atoms with Gasteiger partial charge in [-0.05, 0) is 0 Å². The molecule has 0 saturated carbocycles. The molecule has 0 aromatic rings. The summed E-state index contributed by atoms with van der Waals surface area (Å²) < 4.78 is 31.7. The van der Waals surface area contributed by atoms with Gasteiger partial charge in [0.05, 0.1) is 33.0 Å². The van der Waals surface area contributed by atoms with Crippen LogP contribution in [-0.4, -0.2) is 198 Å². The number of ether oxygens (including phenoxy) is 6. The van der Waals surface area contributed by atoms with E-state index in [1.807, 2.05) is 0 Å². The number of aliphatic hydroxyl groups is 11. The molecule has 0 aromatic carbocycles. The molecular formula is C23H39NO19. The maximum absolute atomic E-state index is 12.6. The van der Waals surface area contributed by atoms with Crippen molar-refractivity contribution in [3.8, 4) is 0 Å². The van der Waals surface area contributed by atoms with Gasteiger partial charge in [-0.1, -0.05) is 0 Å². The second-order valence-electron chi connectivity index (χ2n) is 10.3. The van der Waals surface area contributed by atoms with Crippen LogP contribution in [0.3, 0.4) is 0 Å². The molecule has 20 nitrogen and oxygen atoms in total. The first-order chi connectivity index (χ1) is 20.3. The van der Waals surface area contributed by atoms with Crippen LogP contribution in [0, 0.1) is 0 Å². The van der Waals surface area contributed by atoms with E-state index in [1.165, 1.54) is 7.11 Å². The van der Waals surface area contributed by atoms with E-state index in [4.69, 9.17) is 28.4 Å². The van der Waals surface area contributed by atoms with Crippen molar-refractivity contribution in [1.29, 1.82) is 0 Å². The summed E-state index contributed by atoms with van der Waals surface area (Å²) in [5, 5.41) is 122. The van der Waals surface area contributed by atoms with Crippen molar-refractivity contribution >= 4 is 12.4 Å². The Labute approximate surface area is 243 Å².